The largest absolute Gasteiger partial charge is 0.508 e. The highest BCUT2D eigenvalue weighted by Gasteiger charge is 2.04. The maximum Gasteiger partial charge on any atom is 0.131 e. The molecule has 88 valence electrons. The summed E-state index contributed by atoms with van der Waals surface area (Å²) in [4.78, 5) is 0. The molecule has 0 aliphatic heterocycles. The van der Waals surface area contributed by atoms with Crippen molar-refractivity contribution in [2.24, 2.45) is 0 Å². The number of phenols is 1. The number of aromatic hydroxyl groups is 1. The summed E-state index contributed by atoms with van der Waals surface area (Å²) in [6.07, 6.45) is 0. The zero-order valence-corrected chi connectivity index (χ0v) is 9.60. The van der Waals surface area contributed by atoms with Gasteiger partial charge in [0.2, 0.25) is 0 Å². The average molecular weight is 238 g/mol. The Balaban J connectivity index is 2.20. The second kappa shape index (κ2) is 4.15. The minimum absolute atomic E-state index is 0.226. The van der Waals surface area contributed by atoms with Crippen LogP contribution in [0.1, 0.15) is 0 Å². The van der Waals surface area contributed by atoms with Gasteiger partial charge in [0.25, 0.3) is 0 Å². The van der Waals surface area contributed by atoms with Crippen LogP contribution in [0, 0.1) is 5.82 Å². The third kappa shape index (κ3) is 1.82. The van der Waals surface area contributed by atoms with Crippen LogP contribution in [0.5, 0.6) is 5.75 Å². The van der Waals surface area contributed by atoms with Gasteiger partial charge in [-0.15, -0.1) is 0 Å². The predicted octanol–water partition coefficient (Wildman–Crippen LogP) is 4.35. The summed E-state index contributed by atoms with van der Waals surface area (Å²) in [6, 6.07) is 17.5. The number of benzene rings is 3. The fourth-order valence-corrected chi connectivity index (χ4v) is 2.10. The first-order valence-corrected chi connectivity index (χ1v) is 5.72. The molecule has 1 N–H and O–H groups in total. The molecule has 3 rings (SSSR count). The molecule has 0 aromatic heterocycles. The summed E-state index contributed by atoms with van der Waals surface area (Å²) in [5.74, 6) is 0.0109. The van der Waals surface area contributed by atoms with Crippen molar-refractivity contribution in [1.82, 2.24) is 0 Å². The Morgan fingerprint density at radius 1 is 0.778 bits per heavy atom. The van der Waals surface area contributed by atoms with Gasteiger partial charge in [-0.2, -0.15) is 0 Å². The van der Waals surface area contributed by atoms with Crippen LogP contribution < -0.4 is 0 Å². The van der Waals surface area contributed by atoms with Gasteiger partial charge in [0.05, 0.1) is 0 Å². The van der Waals surface area contributed by atoms with Gasteiger partial charge in [0.15, 0.2) is 0 Å². The molecule has 0 bridgehead atoms. The number of rotatable bonds is 1. The third-order valence-corrected chi connectivity index (χ3v) is 3.01. The van der Waals surface area contributed by atoms with E-state index >= 15 is 0 Å². The third-order valence-electron chi connectivity index (χ3n) is 3.01. The highest BCUT2D eigenvalue weighted by Crippen LogP contribution is 2.28. The van der Waals surface area contributed by atoms with Crippen LogP contribution in [0.2, 0.25) is 0 Å². The lowest BCUT2D eigenvalue weighted by Gasteiger charge is -2.05. The monoisotopic (exact) mass is 238 g/mol. The lowest BCUT2D eigenvalue weighted by molar-refractivity contribution is 0.476. The van der Waals surface area contributed by atoms with Gasteiger partial charge >= 0.3 is 0 Å². The van der Waals surface area contributed by atoms with Crippen molar-refractivity contribution in [2.45, 2.75) is 0 Å². The van der Waals surface area contributed by atoms with Crippen molar-refractivity contribution >= 4 is 10.8 Å². The molecule has 0 aliphatic carbocycles. The Labute approximate surface area is 104 Å². The number of phenolic OH excluding ortho intramolecular Hbond substituents is 1. The molecule has 0 radical (unpaired) electrons. The molecule has 18 heavy (non-hydrogen) atoms. The van der Waals surface area contributed by atoms with Crippen LogP contribution in [-0.4, -0.2) is 5.11 Å². The Kier molecular flexibility index (Phi) is 2.49. The summed E-state index contributed by atoms with van der Waals surface area (Å²) in [7, 11) is 0. The van der Waals surface area contributed by atoms with Crippen molar-refractivity contribution in [3.63, 3.8) is 0 Å². The second-order valence-electron chi connectivity index (χ2n) is 4.23. The summed E-state index contributed by atoms with van der Waals surface area (Å²) in [5, 5.41) is 11.3. The van der Waals surface area contributed by atoms with E-state index in [9.17, 15) is 9.50 Å². The molecule has 0 fully saturated rings. The van der Waals surface area contributed by atoms with Crippen LogP contribution in [-0.2, 0) is 0 Å². The van der Waals surface area contributed by atoms with Crippen molar-refractivity contribution in [2.75, 3.05) is 0 Å². The SMILES string of the molecule is Oc1ccc2cc(-c3ccccc3F)ccc2c1. The molecule has 0 saturated heterocycles. The van der Waals surface area contributed by atoms with E-state index in [1.807, 2.05) is 30.3 Å². The lowest BCUT2D eigenvalue weighted by atomic mass is 10.0. The quantitative estimate of drug-likeness (QED) is 0.668. The first-order chi connectivity index (χ1) is 8.74. The van der Waals surface area contributed by atoms with Crippen LogP contribution in [0.25, 0.3) is 21.9 Å². The summed E-state index contributed by atoms with van der Waals surface area (Å²) >= 11 is 0. The fourth-order valence-electron chi connectivity index (χ4n) is 2.10. The maximum atomic E-state index is 13.7. The number of hydrogen-bond acceptors (Lipinski definition) is 1. The van der Waals surface area contributed by atoms with Crippen LogP contribution in [0.15, 0.2) is 60.7 Å². The Morgan fingerprint density at radius 2 is 1.50 bits per heavy atom. The van der Waals surface area contributed by atoms with E-state index in [0.717, 1.165) is 16.3 Å². The molecular weight excluding hydrogens is 227 g/mol. The zero-order chi connectivity index (χ0) is 12.5. The molecule has 0 aliphatic rings. The molecule has 0 amide bonds. The van der Waals surface area contributed by atoms with E-state index in [1.54, 1.807) is 24.3 Å². The average Bonchev–Trinajstić information content (AvgIpc) is 2.39. The Hall–Kier alpha value is -2.35. The van der Waals surface area contributed by atoms with E-state index < -0.39 is 0 Å². The summed E-state index contributed by atoms with van der Waals surface area (Å²) in [6.45, 7) is 0. The van der Waals surface area contributed by atoms with Gasteiger partial charge in [-0.05, 0) is 40.6 Å². The standard InChI is InChI=1S/C16H11FO/c17-16-4-2-1-3-15(16)13-6-5-12-10-14(18)8-7-11(12)9-13/h1-10,18H. The molecule has 0 atom stereocenters. The Morgan fingerprint density at radius 3 is 2.33 bits per heavy atom. The number of hydrogen-bond donors (Lipinski definition) is 1. The smallest absolute Gasteiger partial charge is 0.131 e. The minimum Gasteiger partial charge on any atom is -0.508 e. The van der Waals surface area contributed by atoms with Gasteiger partial charge in [0, 0.05) is 5.56 Å². The van der Waals surface area contributed by atoms with Crippen molar-refractivity contribution in [1.29, 1.82) is 0 Å². The molecule has 2 heteroatoms. The first-order valence-electron chi connectivity index (χ1n) is 5.72. The van der Waals surface area contributed by atoms with Gasteiger partial charge in [-0.1, -0.05) is 36.4 Å². The van der Waals surface area contributed by atoms with E-state index in [2.05, 4.69) is 0 Å². The van der Waals surface area contributed by atoms with Crippen LogP contribution >= 0.6 is 0 Å². The van der Waals surface area contributed by atoms with Crippen molar-refractivity contribution < 1.29 is 9.50 Å². The van der Waals surface area contributed by atoms with Gasteiger partial charge in [0.1, 0.15) is 11.6 Å². The molecule has 3 aromatic carbocycles. The molecule has 3 aromatic rings. The molecule has 0 spiro atoms. The maximum absolute atomic E-state index is 13.7. The van der Waals surface area contributed by atoms with Gasteiger partial charge in [-0.3, -0.25) is 0 Å². The molecule has 1 nitrogen and oxygen atoms in total. The summed E-state index contributed by atoms with van der Waals surface area (Å²) < 4.78 is 13.7. The molecule has 0 saturated carbocycles. The highest BCUT2D eigenvalue weighted by molar-refractivity contribution is 5.88. The first kappa shape index (κ1) is 10.8. The van der Waals surface area contributed by atoms with Crippen molar-refractivity contribution in [3.8, 4) is 16.9 Å². The van der Waals surface area contributed by atoms with Gasteiger partial charge in [-0.25, -0.2) is 4.39 Å². The number of halogens is 1. The molecule has 0 heterocycles. The van der Waals surface area contributed by atoms with E-state index in [-0.39, 0.29) is 11.6 Å². The van der Waals surface area contributed by atoms with Crippen LogP contribution in [0.3, 0.4) is 0 Å². The Bertz CT molecular complexity index is 719. The summed E-state index contributed by atoms with van der Waals surface area (Å²) in [5.41, 5.74) is 1.43. The fraction of sp³-hybridized carbons (Fsp3) is 0. The van der Waals surface area contributed by atoms with E-state index in [4.69, 9.17) is 0 Å². The molecular formula is C16H11FO. The normalized spacial score (nSPS) is 10.7. The number of fused-ring (bicyclic) bond motifs is 1. The minimum atomic E-state index is -0.226. The lowest BCUT2D eigenvalue weighted by Crippen LogP contribution is -1.83. The second-order valence-corrected chi connectivity index (χ2v) is 4.23. The highest BCUT2D eigenvalue weighted by atomic mass is 19.1. The van der Waals surface area contributed by atoms with Gasteiger partial charge < -0.3 is 5.11 Å². The van der Waals surface area contributed by atoms with E-state index in [0.29, 0.717) is 5.56 Å². The zero-order valence-electron chi connectivity index (χ0n) is 9.60. The topological polar surface area (TPSA) is 20.2 Å². The van der Waals surface area contributed by atoms with Crippen LogP contribution in [0.4, 0.5) is 4.39 Å². The predicted molar refractivity (Wildman–Crippen MR) is 71.0 cm³/mol. The molecule has 0 unspecified atom stereocenters. The van der Waals surface area contributed by atoms with Crippen molar-refractivity contribution in [3.05, 3.63) is 66.5 Å². The van der Waals surface area contributed by atoms with E-state index in [1.165, 1.54) is 6.07 Å².